The number of aromatic nitrogens is 2. The van der Waals surface area contributed by atoms with Gasteiger partial charge < -0.3 is 10.1 Å². The lowest BCUT2D eigenvalue weighted by atomic mass is 10.3. The number of nitrogens with one attached hydrogen (secondary N) is 1. The molecule has 0 fully saturated rings. The Morgan fingerprint density at radius 3 is 2.05 bits per heavy atom. The van der Waals surface area contributed by atoms with Gasteiger partial charge in [0, 0.05) is 6.54 Å². The van der Waals surface area contributed by atoms with E-state index in [1.54, 1.807) is 7.05 Å². The van der Waals surface area contributed by atoms with Crippen LogP contribution >= 0.6 is 0 Å². The summed E-state index contributed by atoms with van der Waals surface area (Å²) in [5.41, 5.74) is 0.352. The van der Waals surface area contributed by atoms with Crippen molar-refractivity contribution < 1.29 is 31.1 Å². The van der Waals surface area contributed by atoms with Crippen molar-refractivity contribution in [1.29, 1.82) is 0 Å². The molecule has 19 heavy (non-hydrogen) atoms. The van der Waals surface area contributed by atoms with Crippen molar-refractivity contribution in [2.75, 3.05) is 7.05 Å². The van der Waals surface area contributed by atoms with Crippen LogP contribution in [0.15, 0.2) is 12.4 Å². The molecule has 0 amide bonds. The van der Waals surface area contributed by atoms with E-state index in [1.165, 1.54) is 0 Å². The highest BCUT2D eigenvalue weighted by molar-refractivity contribution is 5.08. The first kappa shape index (κ1) is 15.5. The van der Waals surface area contributed by atoms with Crippen LogP contribution in [-0.4, -0.2) is 35.5 Å². The molecule has 0 radical (unpaired) electrons. The molecule has 1 aromatic rings. The summed E-state index contributed by atoms with van der Waals surface area (Å²) in [4.78, 5) is 6.94. The third-order valence-electron chi connectivity index (χ3n) is 1.87. The molecule has 10 heteroatoms. The van der Waals surface area contributed by atoms with Crippen LogP contribution in [0.5, 0.6) is 5.88 Å². The molecule has 0 aliphatic rings. The van der Waals surface area contributed by atoms with Crippen molar-refractivity contribution in [2.24, 2.45) is 0 Å². The third kappa shape index (κ3) is 4.54. The van der Waals surface area contributed by atoms with Gasteiger partial charge in [-0.15, -0.1) is 0 Å². The highest BCUT2D eigenvalue weighted by Crippen LogP contribution is 2.35. The molecule has 0 aromatic carbocycles. The minimum Gasteiger partial charge on any atom is -0.454 e. The lowest BCUT2D eigenvalue weighted by molar-refractivity contribution is -0.300. The highest BCUT2D eigenvalue weighted by atomic mass is 19.4. The standard InChI is InChI=1S/C9H9F6N3O/c1-16-2-5-3-18-6(4-17-5)19-7(8(10,11)12)9(13,14)15/h3-4,7,16H,2H2,1H3. The normalized spacial score (nSPS) is 12.8. The van der Waals surface area contributed by atoms with E-state index in [1.807, 2.05) is 0 Å². The molecule has 0 unspecified atom stereocenters. The fourth-order valence-electron chi connectivity index (χ4n) is 1.12. The van der Waals surface area contributed by atoms with E-state index in [0.717, 1.165) is 6.20 Å². The zero-order valence-corrected chi connectivity index (χ0v) is 9.51. The van der Waals surface area contributed by atoms with E-state index in [-0.39, 0.29) is 6.54 Å². The van der Waals surface area contributed by atoms with Crippen LogP contribution in [0.1, 0.15) is 5.69 Å². The van der Waals surface area contributed by atoms with Gasteiger partial charge in [-0.05, 0) is 7.05 Å². The molecule has 0 spiro atoms. The first-order chi connectivity index (χ1) is 8.64. The third-order valence-corrected chi connectivity index (χ3v) is 1.87. The maximum Gasteiger partial charge on any atom is 0.434 e. The largest absolute Gasteiger partial charge is 0.454 e. The van der Waals surface area contributed by atoms with Crippen molar-refractivity contribution in [1.82, 2.24) is 15.3 Å². The summed E-state index contributed by atoms with van der Waals surface area (Å²) >= 11 is 0. The van der Waals surface area contributed by atoms with Crippen LogP contribution in [0.2, 0.25) is 0 Å². The Bertz CT molecular complexity index is 388. The molecule has 0 atom stereocenters. The average Bonchev–Trinajstić information content (AvgIpc) is 2.25. The highest BCUT2D eigenvalue weighted by Gasteiger charge is 2.59. The number of nitrogens with zero attached hydrogens (tertiary/aromatic N) is 2. The zero-order valence-electron chi connectivity index (χ0n) is 9.51. The Kier molecular flexibility index (Phi) is 4.56. The Morgan fingerprint density at radius 1 is 1.11 bits per heavy atom. The summed E-state index contributed by atoms with van der Waals surface area (Å²) in [5.74, 6) is -0.848. The molecule has 0 aliphatic carbocycles. The molecule has 0 saturated heterocycles. The number of alkyl halides is 6. The van der Waals surface area contributed by atoms with E-state index in [2.05, 4.69) is 20.0 Å². The molecular weight excluding hydrogens is 280 g/mol. The molecule has 0 aliphatic heterocycles. The quantitative estimate of drug-likeness (QED) is 0.862. The Hall–Kier alpha value is -1.58. The van der Waals surface area contributed by atoms with Crippen LogP contribution in [0.25, 0.3) is 0 Å². The Balaban J connectivity index is 2.86. The van der Waals surface area contributed by atoms with Gasteiger partial charge in [0.25, 0.3) is 6.10 Å². The smallest absolute Gasteiger partial charge is 0.434 e. The minimum absolute atomic E-state index is 0.273. The van der Waals surface area contributed by atoms with Crippen LogP contribution in [0.3, 0.4) is 0 Å². The fraction of sp³-hybridized carbons (Fsp3) is 0.556. The van der Waals surface area contributed by atoms with Gasteiger partial charge in [0.15, 0.2) is 0 Å². The number of hydrogen-bond acceptors (Lipinski definition) is 4. The van der Waals surface area contributed by atoms with Gasteiger partial charge in [-0.3, -0.25) is 4.98 Å². The van der Waals surface area contributed by atoms with Gasteiger partial charge in [-0.25, -0.2) is 4.98 Å². The van der Waals surface area contributed by atoms with Crippen LogP contribution < -0.4 is 10.1 Å². The Labute approximate surface area is 103 Å². The molecule has 4 nitrogen and oxygen atoms in total. The van der Waals surface area contributed by atoms with Crippen molar-refractivity contribution in [3.8, 4) is 5.88 Å². The minimum atomic E-state index is -5.58. The van der Waals surface area contributed by atoms with Gasteiger partial charge >= 0.3 is 12.4 Å². The molecule has 1 rings (SSSR count). The second-order valence-electron chi connectivity index (χ2n) is 3.46. The van der Waals surface area contributed by atoms with Crippen molar-refractivity contribution in [3.05, 3.63) is 18.1 Å². The number of hydrogen-bond donors (Lipinski definition) is 1. The van der Waals surface area contributed by atoms with Crippen molar-refractivity contribution in [3.63, 3.8) is 0 Å². The monoisotopic (exact) mass is 289 g/mol. The first-order valence-corrected chi connectivity index (χ1v) is 4.90. The number of halogens is 6. The molecule has 108 valence electrons. The lowest BCUT2D eigenvalue weighted by Crippen LogP contribution is -2.46. The summed E-state index contributed by atoms with van der Waals surface area (Å²) in [5, 5.41) is 2.69. The van der Waals surface area contributed by atoms with Crippen LogP contribution in [-0.2, 0) is 6.54 Å². The summed E-state index contributed by atoms with van der Waals surface area (Å²) in [6.07, 6.45) is -13.4. The SMILES string of the molecule is CNCc1cnc(OC(C(F)(F)F)C(F)(F)F)cn1. The van der Waals surface area contributed by atoms with Crippen molar-refractivity contribution >= 4 is 0 Å². The van der Waals surface area contributed by atoms with E-state index >= 15 is 0 Å². The summed E-state index contributed by atoms with van der Waals surface area (Å²) < 4.78 is 77.0. The molecule has 1 N–H and O–H groups in total. The second kappa shape index (κ2) is 5.59. The van der Waals surface area contributed by atoms with Crippen LogP contribution in [0.4, 0.5) is 26.3 Å². The number of rotatable bonds is 4. The molecule has 1 aromatic heterocycles. The van der Waals surface area contributed by atoms with Crippen LogP contribution in [0, 0.1) is 0 Å². The predicted octanol–water partition coefficient (Wildman–Crippen LogP) is 2.07. The maximum atomic E-state index is 12.2. The predicted molar refractivity (Wildman–Crippen MR) is 51.3 cm³/mol. The fourth-order valence-corrected chi connectivity index (χ4v) is 1.12. The first-order valence-electron chi connectivity index (χ1n) is 4.90. The zero-order chi connectivity index (χ0) is 14.7. The van der Waals surface area contributed by atoms with E-state index in [9.17, 15) is 26.3 Å². The summed E-state index contributed by atoms with van der Waals surface area (Å²) in [7, 11) is 1.59. The van der Waals surface area contributed by atoms with Gasteiger partial charge in [0.05, 0.1) is 18.1 Å². The average molecular weight is 289 g/mol. The van der Waals surface area contributed by atoms with E-state index in [4.69, 9.17) is 0 Å². The van der Waals surface area contributed by atoms with Gasteiger partial charge in [0.2, 0.25) is 5.88 Å². The van der Waals surface area contributed by atoms with Crippen molar-refractivity contribution in [2.45, 2.75) is 25.0 Å². The molecule has 0 saturated carbocycles. The topological polar surface area (TPSA) is 47.0 Å². The Morgan fingerprint density at radius 2 is 1.68 bits per heavy atom. The molecular formula is C9H9F6N3O. The number of ether oxygens (including phenoxy) is 1. The maximum absolute atomic E-state index is 12.2. The van der Waals surface area contributed by atoms with E-state index < -0.39 is 24.3 Å². The molecule has 0 bridgehead atoms. The van der Waals surface area contributed by atoms with E-state index in [0.29, 0.717) is 11.9 Å². The van der Waals surface area contributed by atoms with Gasteiger partial charge in [0.1, 0.15) is 0 Å². The summed E-state index contributed by atoms with van der Waals surface area (Å²) in [6, 6.07) is 0. The van der Waals surface area contributed by atoms with Gasteiger partial charge in [-0.1, -0.05) is 0 Å². The summed E-state index contributed by atoms with van der Waals surface area (Å²) in [6.45, 7) is 0.273. The molecule has 1 heterocycles. The lowest BCUT2D eigenvalue weighted by Gasteiger charge is -2.23. The second-order valence-corrected chi connectivity index (χ2v) is 3.46. The van der Waals surface area contributed by atoms with Gasteiger partial charge in [-0.2, -0.15) is 26.3 Å².